The van der Waals surface area contributed by atoms with Crippen LogP contribution in [-0.4, -0.2) is 33.6 Å². The Morgan fingerprint density at radius 1 is 1.06 bits per heavy atom. The molecule has 1 unspecified atom stereocenters. The van der Waals surface area contributed by atoms with Crippen molar-refractivity contribution in [3.05, 3.63) is 91.5 Å². The third kappa shape index (κ3) is 4.45. The lowest BCUT2D eigenvalue weighted by molar-refractivity contribution is -0.122. The number of para-hydroxylation sites is 2. The number of carbonyl (C=O) groups excluding carboxylic acids is 1. The van der Waals surface area contributed by atoms with E-state index < -0.39 is 22.0 Å². The third-order valence-corrected chi connectivity index (χ3v) is 6.64. The van der Waals surface area contributed by atoms with Crippen molar-refractivity contribution in [2.75, 3.05) is 22.8 Å². The van der Waals surface area contributed by atoms with Crippen LogP contribution in [0.2, 0.25) is 0 Å². The van der Waals surface area contributed by atoms with Gasteiger partial charge >= 0.3 is 0 Å². The van der Waals surface area contributed by atoms with E-state index in [1.165, 1.54) is 16.4 Å². The molecule has 0 radical (unpaired) electrons. The van der Waals surface area contributed by atoms with Crippen molar-refractivity contribution in [1.29, 1.82) is 0 Å². The number of rotatable bonds is 7. The highest BCUT2D eigenvalue weighted by molar-refractivity contribution is 7.92. The van der Waals surface area contributed by atoms with Crippen LogP contribution in [0.1, 0.15) is 0 Å². The molecule has 1 aliphatic rings. The van der Waals surface area contributed by atoms with Crippen LogP contribution in [-0.2, 0) is 14.8 Å². The summed E-state index contributed by atoms with van der Waals surface area (Å²) in [5.74, 6) is 0.518. The summed E-state index contributed by atoms with van der Waals surface area (Å²) in [5, 5.41) is 2.78. The molecule has 0 bridgehead atoms. The minimum Gasteiger partial charge on any atom is -0.490 e. The second kappa shape index (κ2) is 9.15. The normalized spacial score (nSPS) is 15.2. The number of nitrogens with zero attached hydrogens (tertiary/aromatic N) is 1. The number of ether oxygens (including phenoxy) is 2. The summed E-state index contributed by atoms with van der Waals surface area (Å²) in [6, 6.07) is 21.7. The van der Waals surface area contributed by atoms with Crippen molar-refractivity contribution >= 4 is 27.3 Å². The Labute approximate surface area is 186 Å². The van der Waals surface area contributed by atoms with E-state index in [0.29, 0.717) is 29.5 Å². The molecular weight excluding hydrogens is 428 g/mol. The van der Waals surface area contributed by atoms with E-state index in [-0.39, 0.29) is 11.4 Å². The van der Waals surface area contributed by atoms with Gasteiger partial charge < -0.3 is 14.8 Å². The number of hydrogen-bond acceptors (Lipinski definition) is 5. The van der Waals surface area contributed by atoms with Gasteiger partial charge in [0.1, 0.15) is 18.1 Å². The number of fused-ring (bicyclic) bond motifs is 1. The van der Waals surface area contributed by atoms with E-state index in [4.69, 9.17) is 9.47 Å². The Balaban J connectivity index is 1.57. The van der Waals surface area contributed by atoms with Crippen molar-refractivity contribution < 1.29 is 22.7 Å². The lowest BCUT2D eigenvalue weighted by Gasteiger charge is -2.34. The standard InChI is InChI=1S/C24H22N2O5S/c1-2-16-30-19-14-12-18(13-15-19)25-24(27)23-17-26(21-10-6-7-11-22(21)31-23)32(28,29)20-8-4-3-5-9-20/h2-15,23H,1,16-17H2,(H,25,27). The zero-order valence-corrected chi connectivity index (χ0v) is 18.0. The topological polar surface area (TPSA) is 84.9 Å². The number of amides is 1. The Hall–Kier alpha value is -3.78. The lowest BCUT2D eigenvalue weighted by Crippen LogP contribution is -2.48. The molecule has 1 atom stereocenters. The number of sulfonamides is 1. The lowest BCUT2D eigenvalue weighted by atomic mass is 10.2. The Kier molecular flexibility index (Phi) is 6.13. The molecule has 0 saturated heterocycles. The van der Waals surface area contributed by atoms with Crippen LogP contribution in [0.3, 0.4) is 0 Å². The average Bonchev–Trinajstić information content (AvgIpc) is 2.83. The maximum absolute atomic E-state index is 13.3. The maximum Gasteiger partial charge on any atom is 0.267 e. The van der Waals surface area contributed by atoms with Crippen molar-refractivity contribution in [1.82, 2.24) is 0 Å². The van der Waals surface area contributed by atoms with Crippen LogP contribution in [0.15, 0.2) is 96.4 Å². The highest BCUT2D eigenvalue weighted by atomic mass is 32.2. The van der Waals surface area contributed by atoms with Gasteiger partial charge in [-0.25, -0.2) is 8.42 Å². The van der Waals surface area contributed by atoms with E-state index in [1.54, 1.807) is 72.8 Å². The number of hydrogen-bond donors (Lipinski definition) is 1. The summed E-state index contributed by atoms with van der Waals surface area (Å²) in [4.78, 5) is 13.1. The van der Waals surface area contributed by atoms with Crippen LogP contribution in [0, 0.1) is 0 Å². The predicted octanol–water partition coefficient (Wildman–Crippen LogP) is 3.85. The van der Waals surface area contributed by atoms with Gasteiger partial charge in [0.15, 0.2) is 6.10 Å². The van der Waals surface area contributed by atoms with Crippen molar-refractivity contribution in [3.8, 4) is 11.5 Å². The second-order valence-corrected chi connectivity index (χ2v) is 8.90. The molecule has 4 rings (SSSR count). The van der Waals surface area contributed by atoms with Gasteiger partial charge in [-0.1, -0.05) is 43.0 Å². The first-order chi connectivity index (χ1) is 15.5. The fourth-order valence-electron chi connectivity index (χ4n) is 3.30. The molecule has 1 heterocycles. The number of anilines is 2. The summed E-state index contributed by atoms with van der Waals surface area (Å²) >= 11 is 0. The van der Waals surface area contributed by atoms with E-state index in [9.17, 15) is 13.2 Å². The zero-order valence-electron chi connectivity index (χ0n) is 17.2. The van der Waals surface area contributed by atoms with E-state index in [2.05, 4.69) is 11.9 Å². The Bertz CT molecular complexity index is 1210. The van der Waals surface area contributed by atoms with Gasteiger partial charge in [0.2, 0.25) is 0 Å². The largest absolute Gasteiger partial charge is 0.490 e. The monoisotopic (exact) mass is 450 g/mol. The summed E-state index contributed by atoms with van der Waals surface area (Å²) in [6.45, 7) is 3.83. The maximum atomic E-state index is 13.3. The van der Waals surface area contributed by atoms with E-state index in [0.717, 1.165) is 0 Å². The highest BCUT2D eigenvalue weighted by Crippen LogP contribution is 2.37. The Morgan fingerprint density at radius 3 is 2.47 bits per heavy atom. The van der Waals surface area contributed by atoms with Gasteiger partial charge in [0.25, 0.3) is 15.9 Å². The molecule has 0 aromatic heterocycles. The van der Waals surface area contributed by atoms with Crippen LogP contribution < -0.4 is 19.1 Å². The molecule has 32 heavy (non-hydrogen) atoms. The van der Waals surface area contributed by atoms with Gasteiger partial charge in [-0.05, 0) is 48.5 Å². The minimum absolute atomic E-state index is 0.144. The van der Waals surface area contributed by atoms with Crippen molar-refractivity contribution in [2.45, 2.75) is 11.0 Å². The minimum atomic E-state index is -3.88. The number of carbonyl (C=O) groups is 1. The van der Waals surface area contributed by atoms with Gasteiger partial charge in [0.05, 0.1) is 17.1 Å². The first-order valence-corrected chi connectivity index (χ1v) is 11.4. The highest BCUT2D eigenvalue weighted by Gasteiger charge is 2.37. The van der Waals surface area contributed by atoms with Crippen molar-refractivity contribution in [2.24, 2.45) is 0 Å². The van der Waals surface area contributed by atoms with Gasteiger partial charge in [-0.2, -0.15) is 0 Å². The van der Waals surface area contributed by atoms with Crippen molar-refractivity contribution in [3.63, 3.8) is 0 Å². The fourth-order valence-corrected chi connectivity index (χ4v) is 4.80. The van der Waals surface area contributed by atoms with E-state index >= 15 is 0 Å². The van der Waals surface area contributed by atoms with E-state index in [1.807, 2.05) is 0 Å². The first kappa shape index (κ1) is 21.5. The van der Waals surface area contributed by atoms with Gasteiger partial charge in [-0.3, -0.25) is 9.10 Å². The Morgan fingerprint density at radius 2 is 1.75 bits per heavy atom. The molecule has 1 N–H and O–H groups in total. The summed E-state index contributed by atoms with van der Waals surface area (Å²) in [6.07, 6.45) is 0.614. The molecule has 7 nitrogen and oxygen atoms in total. The van der Waals surface area contributed by atoms with Crippen LogP contribution in [0.5, 0.6) is 11.5 Å². The quantitative estimate of drug-likeness (QED) is 0.553. The second-order valence-electron chi connectivity index (χ2n) is 7.04. The summed E-state index contributed by atoms with van der Waals surface area (Å²) in [5.41, 5.74) is 0.935. The molecule has 3 aromatic rings. The average molecular weight is 451 g/mol. The van der Waals surface area contributed by atoms with Gasteiger partial charge in [0, 0.05) is 5.69 Å². The number of nitrogens with one attached hydrogen (secondary N) is 1. The van der Waals surface area contributed by atoms with Crippen LogP contribution in [0.4, 0.5) is 11.4 Å². The van der Waals surface area contributed by atoms with Crippen LogP contribution >= 0.6 is 0 Å². The molecule has 1 amide bonds. The molecule has 164 valence electrons. The molecule has 1 aliphatic heterocycles. The molecule has 0 spiro atoms. The smallest absolute Gasteiger partial charge is 0.267 e. The number of benzene rings is 3. The fraction of sp³-hybridized carbons (Fsp3) is 0.125. The SMILES string of the molecule is C=CCOc1ccc(NC(=O)C2CN(S(=O)(=O)c3ccccc3)c3ccccc3O2)cc1. The van der Waals surface area contributed by atoms with Gasteiger partial charge in [-0.15, -0.1) is 0 Å². The summed E-state index contributed by atoms with van der Waals surface area (Å²) in [7, 11) is -3.88. The molecule has 0 fully saturated rings. The molecule has 8 heteroatoms. The third-order valence-electron chi connectivity index (χ3n) is 4.85. The first-order valence-electron chi connectivity index (χ1n) is 9.97. The molecule has 3 aromatic carbocycles. The summed E-state index contributed by atoms with van der Waals surface area (Å²) < 4.78 is 39.1. The zero-order chi connectivity index (χ0) is 22.6. The molecule has 0 saturated carbocycles. The van der Waals surface area contributed by atoms with Crippen LogP contribution in [0.25, 0.3) is 0 Å². The molecular formula is C24H22N2O5S. The molecule has 0 aliphatic carbocycles. The predicted molar refractivity (Wildman–Crippen MR) is 123 cm³/mol.